The standard InChI is InChI=1S/C20H15Cl3FNO/c21-15-3-7-17(8-4-15)25-11-14-9-18(22)20(19(23)10-14)26-12-13-1-5-16(24)6-2-13/h1-10,25H,11-12H2. The van der Waals surface area contributed by atoms with E-state index in [-0.39, 0.29) is 12.4 Å². The van der Waals surface area contributed by atoms with Gasteiger partial charge in [-0.2, -0.15) is 0 Å². The van der Waals surface area contributed by atoms with Crippen LogP contribution in [0.15, 0.2) is 60.7 Å². The average molecular weight is 411 g/mol. The molecule has 134 valence electrons. The molecule has 3 rings (SSSR count). The molecule has 0 aliphatic rings. The molecule has 0 saturated heterocycles. The molecule has 0 spiro atoms. The third kappa shape index (κ3) is 5.04. The SMILES string of the molecule is Fc1ccc(COc2c(Cl)cc(CNc3ccc(Cl)cc3)cc2Cl)cc1. The number of benzene rings is 3. The lowest BCUT2D eigenvalue weighted by atomic mass is 10.2. The zero-order valence-electron chi connectivity index (χ0n) is 13.6. The van der Waals surface area contributed by atoms with E-state index in [4.69, 9.17) is 39.5 Å². The molecule has 3 aromatic carbocycles. The molecule has 6 heteroatoms. The van der Waals surface area contributed by atoms with Gasteiger partial charge in [0.05, 0.1) is 10.0 Å². The summed E-state index contributed by atoms with van der Waals surface area (Å²) in [6, 6.07) is 17.1. The normalized spacial score (nSPS) is 10.6. The monoisotopic (exact) mass is 409 g/mol. The second-order valence-corrected chi connectivity index (χ2v) is 6.92. The maximum Gasteiger partial charge on any atom is 0.156 e. The zero-order chi connectivity index (χ0) is 18.5. The van der Waals surface area contributed by atoms with Crippen molar-refractivity contribution in [1.82, 2.24) is 0 Å². The van der Waals surface area contributed by atoms with Gasteiger partial charge in [-0.25, -0.2) is 4.39 Å². The molecule has 0 heterocycles. The van der Waals surface area contributed by atoms with Crippen LogP contribution in [-0.4, -0.2) is 0 Å². The summed E-state index contributed by atoms with van der Waals surface area (Å²) in [5.74, 6) is 0.121. The van der Waals surface area contributed by atoms with Crippen molar-refractivity contribution < 1.29 is 9.13 Å². The molecule has 3 aromatic rings. The lowest BCUT2D eigenvalue weighted by Crippen LogP contribution is -2.01. The number of anilines is 1. The molecule has 0 amide bonds. The summed E-state index contributed by atoms with van der Waals surface area (Å²) < 4.78 is 18.6. The fraction of sp³-hybridized carbons (Fsp3) is 0.100. The van der Waals surface area contributed by atoms with Crippen molar-refractivity contribution in [3.63, 3.8) is 0 Å². The zero-order valence-corrected chi connectivity index (χ0v) is 15.9. The molecule has 0 atom stereocenters. The van der Waals surface area contributed by atoms with Gasteiger partial charge in [-0.3, -0.25) is 0 Å². The largest absolute Gasteiger partial charge is 0.486 e. The highest BCUT2D eigenvalue weighted by atomic mass is 35.5. The Labute approximate surface area is 166 Å². The van der Waals surface area contributed by atoms with Gasteiger partial charge in [-0.15, -0.1) is 0 Å². The molecule has 0 radical (unpaired) electrons. The molecule has 2 nitrogen and oxygen atoms in total. The van der Waals surface area contributed by atoms with E-state index in [1.54, 1.807) is 24.3 Å². The fourth-order valence-corrected chi connectivity index (χ4v) is 3.13. The summed E-state index contributed by atoms with van der Waals surface area (Å²) in [6.45, 7) is 0.807. The smallest absolute Gasteiger partial charge is 0.156 e. The maximum absolute atomic E-state index is 12.9. The van der Waals surface area contributed by atoms with Gasteiger partial charge in [-0.1, -0.05) is 46.9 Å². The van der Waals surface area contributed by atoms with Crippen LogP contribution in [0.5, 0.6) is 5.75 Å². The van der Waals surface area contributed by atoms with Gasteiger partial charge < -0.3 is 10.1 Å². The highest BCUT2D eigenvalue weighted by molar-refractivity contribution is 6.37. The molecule has 0 bridgehead atoms. The quantitative estimate of drug-likeness (QED) is 0.473. The van der Waals surface area contributed by atoms with Crippen LogP contribution < -0.4 is 10.1 Å². The van der Waals surface area contributed by atoms with E-state index in [1.165, 1.54) is 12.1 Å². The van der Waals surface area contributed by atoms with Crippen LogP contribution in [0.25, 0.3) is 0 Å². The van der Waals surface area contributed by atoms with Gasteiger partial charge in [-0.05, 0) is 59.7 Å². The van der Waals surface area contributed by atoms with Crippen molar-refractivity contribution in [2.75, 3.05) is 5.32 Å². The second kappa shape index (κ2) is 8.63. The van der Waals surface area contributed by atoms with Crippen LogP contribution in [0.1, 0.15) is 11.1 Å². The first-order chi connectivity index (χ1) is 12.5. The topological polar surface area (TPSA) is 21.3 Å². The predicted molar refractivity (Wildman–Crippen MR) is 106 cm³/mol. The van der Waals surface area contributed by atoms with Gasteiger partial charge >= 0.3 is 0 Å². The number of rotatable bonds is 6. The molecular weight excluding hydrogens is 396 g/mol. The lowest BCUT2D eigenvalue weighted by molar-refractivity contribution is 0.306. The first-order valence-electron chi connectivity index (χ1n) is 7.86. The van der Waals surface area contributed by atoms with E-state index in [0.29, 0.717) is 27.4 Å². The Morgan fingerprint density at radius 3 is 2.04 bits per heavy atom. The van der Waals surface area contributed by atoms with E-state index in [0.717, 1.165) is 16.8 Å². The second-order valence-electron chi connectivity index (χ2n) is 5.66. The summed E-state index contributed by atoms with van der Waals surface area (Å²) in [6.07, 6.45) is 0. The molecule has 0 aliphatic heterocycles. The number of hydrogen-bond acceptors (Lipinski definition) is 2. The Morgan fingerprint density at radius 1 is 0.808 bits per heavy atom. The Balaban J connectivity index is 1.65. The van der Waals surface area contributed by atoms with Crippen LogP contribution in [0, 0.1) is 5.82 Å². The minimum absolute atomic E-state index is 0.252. The Bertz CT molecular complexity index is 860. The van der Waals surface area contributed by atoms with Gasteiger partial charge in [0.2, 0.25) is 0 Å². The van der Waals surface area contributed by atoms with Crippen LogP contribution in [0.2, 0.25) is 15.1 Å². The van der Waals surface area contributed by atoms with Gasteiger partial charge in [0.1, 0.15) is 12.4 Å². The van der Waals surface area contributed by atoms with Crippen molar-refractivity contribution in [2.45, 2.75) is 13.2 Å². The average Bonchev–Trinajstić information content (AvgIpc) is 2.62. The number of halogens is 4. The molecular formula is C20H15Cl3FNO. The van der Waals surface area contributed by atoms with Gasteiger partial charge in [0.15, 0.2) is 5.75 Å². The number of ether oxygens (including phenoxy) is 1. The lowest BCUT2D eigenvalue weighted by Gasteiger charge is -2.13. The Morgan fingerprint density at radius 2 is 1.42 bits per heavy atom. The summed E-state index contributed by atoms with van der Waals surface area (Å²) in [4.78, 5) is 0. The van der Waals surface area contributed by atoms with E-state index in [2.05, 4.69) is 5.32 Å². The highest BCUT2D eigenvalue weighted by Gasteiger charge is 2.10. The van der Waals surface area contributed by atoms with Crippen LogP contribution >= 0.6 is 34.8 Å². The van der Waals surface area contributed by atoms with E-state index in [9.17, 15) is 4.39 Å². The Kier molecular flexibility index (Phi) is 6.25. The van der Waals surface area contributed by atoms with Crippen molar-refractivity contribution in [3.05, 3.63) is 92.7 Å². The molecule has 1 N–H and O–H groups in total. The maximum atomic E-state index is 12.9. The summed E-state index contributed by atoms with van der Waals surface area (Å²) in [7, 11) is 0. The van der Waals surface area contributed by atoms with E-state index < -0.39 is 0 Å². The van der Waals surface area contributed by atoms with Gasteiger partial charge in [0.25, 0.3) is 0 Å². The third-order valence-electron chi connectivity index (χ3n) is 3.70. The minimum atomic E-state index is -0.289. The van der Waals surface area contributed by atoms with Crippen molar-refractivity contribution in [3.8, 4) is 5.75 Å². The number of nitrogens with one attached hydrogen (secondary N) is 1. The summed E-state index contributed by atoms with van der Waals surface area (Å²) in [5.41, 5.74) is 2.69. The van der Waals surface area contributed by atoms with Crippen molar-refractivity contribution >= 4 is 40.5 Å². The molecule has 0 saturated carbocycles. The van der Waals surface area contributed by atoms with Crippen molar-refractivity contribution in [2.24, 2.45) is 0 Å². The van der Waals surface area contributed by atoms with Gasteiger partial charge in [0, 0.05) is 17.3 Å². The van der Waals surface area contributed by atoms with Crippen LogP contribution in [-0.2, 0) is 13.2 Å². The first-order valence-corrected chi connectivity index (χ1v) is 8.99. The first kappa shape index (κ1) is 18.8. The summed E-state index contributed by atoms with van der Waals surface area (Å²) >= 11 is 18.5. The predicted octanol–water partition coefficient (Wildman–Crippen LogP) is 6.98. The van der Waals surface area contributed by atoms with E-state index in [1.807, 2.05) is 24.3 Å². The molecule has 0 aliphatic carbocycles. The molecule has 0 aromatic heterocycles. The fourth-order valence-electron chi connectivity index (χ4n) is 2.36. The van der Waals surface area contributed by atoms with Crippen molar-refractivity contribution in [1.29, 1.82) is 0 Å². The molecule has 26 heavy (non-hydrogen) atoms. The van der Waals surface area contributed by atoms with E-state index >= 15 is 0 Å². The minimum Gasteiger partial charge on any atom is -0.486 e. The summed E-state index contributed by atoms with van der Waals surface area (Å²) in [5, 5.41) is 4.80. The molecule has 0 unspecified atom stereocenters. The Hall–Kier alpha value is -1.94. The third-order valence-corrected chi connectivity index (χ3v) is 4.51. The highest BCUT2D eigenvalue weighted by Crippen LogP contribution is 2.35. The molecule has 0 fully saturated rings. The number of hydrogen-bond donors (Lipinski definition) is 1. The van der Waals surface area contributed by atoms with Crippen LogP contribution in [0.3, 0.4) is 0 Å². The van der Waals surface area contributed by atoms with Crippen LogP contribution in [0.4, 0.5) is 10.1 Å².